The minimum absolute atomic E-state index is 0.0889. The van der Waals surface area contributed by atoms with Gasteiger partial charge in [-0.2, -0.15) is 8.42 Å². The first-order valence-corrected chi connectivity index (χ1v) is 3.40. The largest absolute Gasteiger partial charge is 0.289 e. The van der Waals surface area contributed by atoms with Crippen molar-refractivity contribution >= 4 is 10.1 Å². The second kappa shape index (κ2) is 2.84. The van der Waals surface area contributed by atoms with E-state index in [-0.39, 0.29) is 6.61 Å². The molecule has 1 radical (unpaired) electrons. The van der Waals surface area contributed by atoms with E-state index in [1.807, 2.05) is 0 Å². The van der Waals surface area contributed by atoms with Gasteiger partial charge in [0, 0.05) is 0 Å². The summed E-state index contributed by atoms with van der Waals surface area (Å²) in [7, 11) is -3.47. The molecular weight excluding hydrogens is 128 g/mol. The molecule has 0 saturated carbocycles. The number of hydrogen-bond acceptors (Lipinski definition) is 3. The van der Waals surface area contributed by atoms with Gasteiger partial charge in [-0.15, -0.1) is 0 Å². The molecule has 0 heterocycles. The molecule has 0 aliphatic carbocycles. The lowest BCUT2D eigenvalue weighted by Crippen LogP contribution is -1.99. The Labute approximate surface area is 49.1 Å². The molecule has 0 saturated heterocycles. The lowest BCUT2D eigenvalue weighted by atomic mass is 10.9. The Bertz CT molecular complexity index is 156. The van der Waals surface area contributed by atoms with Crippen LogP contribution in [0.1, 0.15) is 0 Å². The van der Waals surface area contributed by atoms with Crippen LogP contribution < -0.4 is 0 Å². The van der Waals surface area contributed by atoms with E-state index in [0.717, 1.165) is 5.41 Å². The van der Waals surface area contributed by atoms with E-state index >= 15 is 0 Å². The Hall–Kier alpha value is -0.350. The fourth-order valence-corrected chi connectivity index (χ4v) is 0.493. The average Bonchev–Trinajstić information content (AvgIpc) is 1.67. The first-order chi connectivity index (χ1) is 3.62. The van der Waals surface area contributed by atoms with Crippen LogP contribution in [-0.2, 0) is 14.3 Å². The van der Waals surface area contributed by atoms with E-state index in [4.69, 9.17) is 0 Å². The van der Waals surface area contributed by atoms with Crippen molar-refractivity contribution in [3.63, 3.8) is 0 Å². The van der Waals surface area contributed by atoms with Crippen molar-refractivity contribution in [2.45, 2.75) is 0 Å². The summed E-state index contributed by atoms with van der Waals surface area (Å²) in [6.07, 6.45) is 0. The van der Waals surface area contributed by atoms with Crippen molar-refractivity contribution in [2.24, 2.45) is 0 Å². The molecule has 8 heavy (non-hydrogen) atoms. The highest BCUT2D eigenvalue weighted by Gasteiger charge is 1.99. The summed E-state index contributed by atoms with van der Waals surface area (Å²) in [4.78, 5) is 0. The Kier molecular flexibility index (Phi) is 2.71. The highest BCUT2D eigenvalue weighted by Crippen LogP contribution is 1.90. The zero-order valence-electron chi connectivity index (χ0n) is 4.33. The molecule has 0 atom stereocenters. The standard InChI is InChI=1S/C4H7O3S/c1-3-7-8(5,6)4-2/h4H,1-3H2. The summed E-state index contributed by atoms with van der Waals surface area (Å²) in [5, 5.41) is 0.734. The zero-order chi connectivity index (χ0) is 6.62. The second-order valence-electron chi connectivity index (χ2n) is 0.981. The van der Waals surface area contributed by atoms with Crippen molar-refractivity contribution in [3.8, 4) is 0 Å². The molecule has 3 nitrogen and oxygen atoms in total. The fourth-order valence-electron chi connectivity index (χ4n) is 0.164. The molecule has 0 aromatic carbocycles. The maximum absolute atomic E-state index is 10.2. The Balaban J connectivity index is 3.95. The van der Waals surface area contributed by atoms with Crippen molar-refractivity contribution < 1.29 is 12.6 Å². The van der Waals surface area contributed by atoms with Gasteiger partial charge in [0.25, 0.3) is 10.1 Å². The van der Waals surface area contributed by atoms with E-state index < -0.39 is 10.1 Å². The van der Waals surface area contributed by atoms with Crippen molar-refractivity contribution in [1.82, 2.24) is 0 Å². The van der Waals surface area contributed by atoms with Crippen molar-refractivity contribution in [3.05, 3.63) is 18.9 Å². The molecular formula is C4H7O3S. The van der Waals surface area contributed by atoms with Gasteiger partial charge in [0.2, 0.25) is 0 Å². The van der Waals surface area contributed by atoms with Gasteiger partial charge >= 0.3 is 0 Å². The molecule has 0 N–H and O–H groups in total. The topological polar surface area (TPSA) is 43.4 Å². The van der Waals surface area contributed by atoms with E-state index in [1.54, 1.807) is 0 Å². The third-order valence-electron chi connectivity index (χ3n) is 0.452. The van der Waals surface area contributed by atoms with Crippen LogP contribution in [0.25, 0.3) is 0 Å². The van der Waals surface area contributed by atoms with Crippen LogP contribution in [0.5, 0.6) is 0 Å². The van der Waals surface area contributed by atoms with Gasteiger partial charge in [-0.1, -0.05) is 6.58 Å². The molecule has 0 aliphatic heterocycles. The van der Waals surface area contributed by atoms with Crippen LogP contribution in [0.4, 0.5) is 0 Å². The van der Waals surface area contributed by atoms with Crippen LogP contribution in [0.15, 0.2) is 12.0 Å². The minimum atomic E-state index is -3.47. The second-order valence-corrected chi connectivity index (χ2v) is 2.54. The van der Waals surface area contributed by atoms with Gasteiger partial charge in [0.15, 0.2) is 0 Å². The molecule has 47 valence electrons. The smallest absolute Gasteiger partial charge is 0.267 e. The molecule has 0 aromatic heterocycles. The van der Waals surface area contributed by atoms with E-state index in [1.165, 1.54) is 0 Å². The first-order valence-electron chi connectivity index (χ1n) is 1.93. The summed E-state index contributed by atoms with van der Waals surface area (Å²) in [5.41, 5.74) is 0. The Morgan fingerprint density at radius 3 is 2.25 bits per heavy atom. The van der Waals surface area contributed by atoms with Gasteiger partial charge < -0.3 is 0 Å². The normalized spacial score (nSPS) is 11.1. The number of hydrogen-bond donors (Lipinski definition) is 0. The molecule has 0 aromatic rings. The monoisotopic (exact) mass is 135 g/mol. The molecule has 0 amide bonds. The van der Waals surface area contributed by atoms with Crippen LogP contribution in [0.3, 0.4) is 0 Å². The summed E-state index contributed by atoms with van der Waals surface area (Å²) in [6, 6.07) is 0. The molecule has 0 rings (SSSR count). The lowest BCUT2D eigenvalue weighted by Gasteiger charge is -1.92. The van der Waals surface area contributed by atoms with Crippen LogP contribution in [0.2, 0.25) is 0 Å². The third kappa shape index (κ3) is 2.76. The van der Waals surface area contributed by atoms with Gasteiger partial charge in [0.1, 0.15) is 0 Å². The lowest BCUT2D eigenvalue weighted by molar-refractivity contribution is 0.363. The average molecular weight is 135 g/mol. The fraction of sp³-hybridized carbons (Fsp3) is 0.250. The van der Waals surface area contributed by atoms with Crippen LogP contribution in [-0.4, -0.2) is 15.0 Å². The van der Waals surface area contributed by atoms with Gasteiger partial charge in [-0.05, 0) is 6.92 Å². The van der Waals surface area contributed by atoms with Crippen molar-refractivity contribution in [1.29, 1.82) is 0 Å². The molecule has 0 bridgehead atoms. The Morgan fingerprint density at radius 1 is 1.62 bits per heavy atom. The predicted molar refractivity (Wildman–Crippen MR) is 30.4 cm³/mol. The maximum atomic E-state index is 10.2. The summed E-state index contributed by atoms with van der Waals surface area (Å²) in [6.45, 7) is 6.09. The van der Waals surface area contributed by atoms with E-state index in [9.17, 15) is 8.42 Å². The van der Waals surface area contributed by atoms with E-state index in [0.29, 0.717) is 0 Å². The highest BCUT2D eigenvalue weighted by atomic mass is 32.2. The Morgan fingerprint density at radius 2 is 2.12 bits per heavy atom. The van der Waals surface area contributed by atoms with Crippen LogP contribution >= 0.6 is 0 Å². The SMILES string of the molecule is [CH2]COS(=O)(=O)C=C. The third-order valence-corrected chi connectivity index (χ3v) is 1.36. The molecule has 0 aliphatic rings. The van der Waals surface area contributed by atoms with Gasteiger partial charge in [-0.25, -0.2) is 0 Å². The molecule has 4 heteroatoms. The summed E-state index contributed by atoms with van der Waals surface area (Å²) in [5.74, 6) is 0. The molecule has 0 fully saturated rings. The summed E-state index contributed by atoms with van der Waals surface area (Å²) < 4.78 is 24.6. The maximum Gasteiger partial charge on any atom is 0.289 e. The number of rotatable bonds is 3. The molecule has 0 unspecified atom stereocenters. The van der Waals surface area contributed by atoms with E-state index in [2.05, 4.69) is 17.7 Å². The predicted octanol–water partition coefficient (Wildman–Crippen LogP) is 0.310. The first kappa shape index (κ1) is 7.65. The quantitative estimate of drug-likeness (QED) is 0.523. The van der Waals surface area contributed by atoms with Crippen molar-refractivity contribution in [2.75, 3.05) is 6.61 Å². The van der Waals surface area contributed by atoms with Crippen LogP contribution in [0, 0.1) is 6.92 Å². The summed E-state index contributed by atoms with van der Waals surface area (Å²) >= 11 is 0. The highest BCUT2D eigenvalue weighted by molar-refractivity contribution is 7.89. The van der Waals surface area contributed by atoms with Gasteiger partial charge in [0.05, 0.1) is 12.0 Å². The zero-order valence-corrected chi connectivity index (χ0v) is 5.15. The van der Waals surface area contributed by atoms with Gasteiger partial charge in [-0.3, -0.25) is 4.18 Å². The minimum Gasteiger partial charge on any atom is -0.267 e. The molecule has 0 spiro atoms.